The van der Waals surface area contributed by atoms with Gasteiger partial charge in [0.15, 0.2) is 0 Å². The van der Waals surface area contributed by atoms with E-state index in [0.29, 0.717) is 0 Å². The summed E-state index contributed by atoms with van der Waals surface area (Å²) in [5.41, 5.74) is 0. The summed E-state index contributed by atoms with van der Waals surface area (Å²) in [5, 5.41) is 3.52. The summed E-state index contributed by atoms with van der Waals surface area (Å²) < 4.78 is 0. The SMILES string of the molecule is CC(C)CNCCN1CCCC(N(C)C)C1. The predicted octanol–water partition coefficient (Wildman–Crippen LogP) is 1.26. The molecule has 0 amide bonds. The molecule has 0 aromatic heterocycles. The first-order valence-electron chi connectivity index (χ1n) is 6.69. The largest absolute Gasteiger partial charge is 0.315 e. The van der Waals surface area contributed by atoms with Gasteiger partial charge in [0.1, 0.15) is 0 Å². The highest BCUT2D eigenvalue weighted by atomic mass is 15.2. The minimum atomic E-state index is 0.760. The lowest BCUT2D eigenvalue weighted by Crippen LogP contribution is -2.47. The first-order chi connectivity index (χ1) is 7.59. The number of nitrogens with zero attached hydrogens (tertiary/aromatic N) is 2. The van der Waals surface area contributed by atoms with Crippen LogP contribution in [0.4, 0.5) is 0 Å². The zero-order chi connectivity index (χ0) is 12.0. The fourth-order valence-electron chi connectivity index (χ4n) is 2.28. The Labute approximate surface area is 101 Å². The summed E-state index contributed by atoms with van der Waals surface area (Å²) in [6, 6.07) is 0.763. The number of nitrogens with one attached hydrogen (secondary N) is 1. The van der Waals surface area contributed by atoms with E-state index in [1.165, 1.54) is 32.5 Å². The van der Waals surface area contributed by atoms with Crippen LogP contribution in [0.25, 0.3) is 0 Å². The molecule has 1 rings (SSSR count). The lowest BCUT2D eigenvalue weighted by atomic mass is 10.1. The molecule has 0 radical (unpaired) electrons. The summed E-state index contributed by atoms with van der Waals surface area (Å²) in [4.78, 5) is 4.97. The second-order valence-corrected chi connectivity index (χ2v) is 5.66. The van der Waals surface area contributed by atoms with Gasteiger partial charge in [-0.3, -0.25) is 0 Å². The van der Waals surface area contributed by atoms with Gasteiger partial charge in [-0.2, -0.15) is 0 Å². The Morgan fingerprint density at radius 2 is 2.12 bits per heavy atom. The number of hydrogen-bond acceptors (Lipinski definition) is 3. The van der Waals surface area contributed by atoms with E-state index < -0.39 is 0 Å². The van der Waals surface area contributed by atoms with E-state index in [2.05, 4.69) is 43.1 Å². The van der Waals surface area contributed by atoms with Crippen LogP contribution in [0, 0.1) is 5.92 Å². The molecule has 16 heavy (non-hydrogen) atoms. The molecule has 0 spiro atoms. The van der Waals surface area contributed by atoms with Crippen LogP contribution < -0.4 is 5.32 Å². The van der Waals surface area contributed by atoms with Crippen LogP contribution in [-0.2, 0) is 0 Å². The van der Waals surface area contributed by atoms with Crippen molar-refractivity contribution in [1.82, 2.24) is 15.1 Å². The highest BCUT2D eigenvalue weighted by molar-refractivity contribution is 4.78. The van der Waals surface area contributed by atoms with Crippen molar-refractivity contribution in [3.05, 3.63) is 0 Å². The number of rotatable bonds is 6. The maximum atomic E-state index is 3.52. The summed E-state index contributed by atoms with van der Waals surface area (Å²) >= 11 is 0. The molecular weight excluding hydrogens is 198 g/mol. The van der Waals surface area contributed by atoms with Crippen LogP contribution in [-0.4, -0.2) is 62.7 Å². The highest BCUT2D eigenvalue weighted by Crippen LogP contribution is 2.12. The van der Waals surface area contributed by atoms with Crippen molar-refractivity contribution in [1.29, 1.82) is 0 Å². The van der Waals surface area contributed by atoms with Crippen molar-refractivity contribution in [2.24, 2.45) is 5.92 Å². The lowest BCUT2D eigenvalue weighted by molar-refractivity contribution is 0.134. The second kappa shape index (κ2) is 7.25. The fraction of sp³-hybridized carbons (Fsp3) is 1.00. The van der Waals surface area contributed by atoms with E-state index in [-0.39, 0.29) is 0 Å². The third-order valence-corrected chi connectivity index (χ3v) is 3.37. The van der Waals surface area contributed by atoms with Gasteiger partial charge in [-0.05, 0) is 45.9 Å². The third-order valence-electron chi connectivity index (χ3n) is 3.37. The van der Waals surface area contributed by atoms with Gasteiger partial charge in [0.25, 0.3) is 0 Å². The average Bonchev–Trinajstić information content (AvgIpc) is 2.24. The molecule has 0 saturated carbocycles. The molecule has 1 fully saturated rings. The van der Waals surface area contributed by atoms with Gasteiger partial charge in [-0.1, -0.05) is 13.8 Å². The van der Waals surface area contributed by atoms with Crippen molar-refractivity contribution in [3.63, 3.8) is 0 Å². The van der Waals surface area contributed by atoms with Crippen molar-refractivity contribution in [3.8, 4) is 0 Å². The first-order valence-corrected chi connectivity index (χ1v) is 6.69. The fourth-order valence-corrected chi connectivity index (χ4v) is 2.28. The zero-order valence-corrected chi connectivity index (χ0v) is 11.5. The van der Waals surface area contributed by atoms with Crippen LogP contribution in [0.3, 0.4) is 0 Å². The molecule has 1 heterocycles. The molecule has 1 aliphatic heterocycles. The topological polar surface area (TPSA) is 18.5 Å². The Hall–Kier alpha value is -0.120. The molecule has 0 bridgehead atoms. The van der Waals surface area contributed by atoms with Gasteiger partial charge < -0.3 is 15.1 Å². The average molecular weight is 227 g/mol. The molecule has 96 valence electrons. The number of likely N-dealkylation sites (N-methyl/N-ethyl adjacent to an activating group) is 1. The molecule has 0 aliphatic carbocycles. The Kier molecular flexibility index (Phi) is 6.32. The van der Waals surface area contributed by atoms with Gasteiger partial charge in [0.05, 0.1) is 0 Å². The van der Waals surface area contributed by atoms with Crippen molar-refractivity contribution in [2.75, 3.05) is 46.8 Å². The summed E-state index contributed by atoms with van der Waals surface area (Å²) in [5.74, 6) is 0.760. The standard InChI is InChI=1S/C13H29N3/c1-12(2)10-14-7-9-16-8-5-6-13(11-16)15(3)4/h12-14H,5-11H2,1-4H3. The smallest absolute Gasteiger partial charge is 0.0217 e. The summed E-state index contributed by atoms with van der Waals surface area (Å²) in [6.07, 6.45) is 2.72. The van der Waals surface area contributed by atoms with Crippen LogP contribution in [0.15, 0.2) is 0 Å². The molecule has 1 N–H and O–H groups in total. The Balaban J connectivity index is 2.12. The van der Waals surface area contributed by atoms with Crippen molar-refractivity contribution < 1.29 is 0 Å². The number of piperidine rings is 1. The second-order valence-electron chi connectivity index (χ2n) is 5.66. The van der Waals surface area contributed by atoms with E-state index >= 15 is 0 Å². The van der Waals surface area contributed by atoms with E-state index in [4.69, 9.17) is 0 Å². The van der Waals surface area contributed by atoms with Crippen LogP contribution in [0.2, 0.25) is 0 Å². The predicted molar refractivity (Wildman–Crippen MR) is 70.9 cm³/mol. The normalized spacial score (nSPS) is 23.2. The minimum absolute atomic E-state index is 0.760. The third kappa shape index (κ3) is 5.28. The van der Waals surface area contributed by atoms with Gasteiger partial charge in [-0.15, -0.1) is 0 Å². The van der Waals surface area contributed by atoms with E-state index in [0.717, 1.165) is 25.0 Å². The first kappa shape index (κ1) is 13.9. The van der Waals surface area contributed by atoms with Crippen LogP contribution >= 0.6 is 0 Å². The molecule has 3 heteroatoms. The Morgan fingerprint density at radius 1 is 1.38 bits per heavy atom. The zero-order valence-electron chi connectivity index (χ0n) is 11.5. The highest BCUT2D eigenvalue weighted by Gasteiger charge is 2.20. The maximum Gasteiger partial charge on any atom is 0.0217 e. The van der Waals surface area contributed by atoms with Crippen LogP contribution in [0.5, 0.6) is 0 Å². The van der Waals surface area contributed by atoms with E-state index in [9.17, 15) is 0 Å². The van der Waals surface area contributed by atoms with Gasteiger partial charge in [0, 0.05) is 25.7 Å². The maximum absolute atomic E-state index is 3.52. The molecule has 1 aliphatic rings. The molecule has 0 aromatic carbocycles. The monoisotopic (exact) mass is 227 g/mol. The number of likely N-dealkylation sites (tertiary alicyclic amines) is 1. The minimum Gasteiger partial charge on any atom is -0.315 e. The quantitative estimate of drug-likeness (QED) is 0.689. The van der Waals surface area contributed by atoms with Gasteiger partial charge in [0.2, 0.25) is 0 Å². The van der Waals surface area contributed by atoms with Crippen molar-refractivity contribution in [2.45, 2.75) is 32.7 Å². The molecular formula is C13H29N3. The summed E-state index contributed by atoms with van der Waals surface area (Å²) in [7, 11) is 4.40. The Morgan fingerprint density at radius 3 is 2.75 bits per heavy atom. The molecule has 1 saturated heterocycles. The Bertz CT molecular complexity index is 180. The van der Waals surface area contributed by atoms with E-state index in [1.807, 2.05) is 0 Å². The number of hydrogen-bond donors (Lipinski definition) is 1. The van der Waals surface area contributed by atoms with E-state index in [1.54, 1.807) is 0 Å². The summed E-state index contributed by atoms with van der Waals surface area (Å²) in [6.45, 7) is 10.5. The van der Waals surface area contributed by atoms with Gasteiger partial charge >= 0.3 is 0 Å². The molecule has 0 aromatic rings. The van der Waals surface area contributed by atoms with Crippen LogP contribution in [0.1, 0.15) is 26.7 Å². The van der Waals surface area contributed by atoms with Crippen molar-refractivity contribution >= 4 is 0 Å². The molecule has 3 nitrogen and oxygen atoms in total. The van der Waals surface area contributed by atoms with Gasteiger partial charge in [-0.25, -0.2) is 0 Å². The molecule has 1 unspecified atom stereocenters. The molecule has 1 atom stereocenters. The lowest BCUT2D eigenvalue weighted by Gasteiger charge is -2.36.